The van der Waals surface area contributed by atoms with Crippen LogP contribution in [0.3, 0.4) is 0 Å². The van der Waals surface area contributed by atoms with E-state index in [0.29, 0.717) is 0 Å². The standard InChI is InChI=1S/C12H28O4Si.C4H10O.2H2O.Zr/c1-10(2,3)14-17(13,15-11(4,5)6)16-12(7,8)9;1-4(2,3)5;;;/h13H,1-9H3;5H,1-3H3;2*1H2;. The molecule has 25 heavy (non-hydrogen) atoms. The molecule has 0 saturated heterocycles. The van der Waals surface area contributed by atoms with Gasteiger partial charge in [0.2, 0.25) is 0 Å². The van der Waals surface area contributed by atoms with Gasteiger partial charge in [-0.05, 0) is 83.1 Å². The molecule has 0 aliphatic heterocycles. The van der Waals surface area contributed by atoms with Gasteiger partial charge in [-0.15, -0.1) is 0 Å². The van der Waals surface area contributed by atoms with E-state index in [-0.39, 0.29) is 37.2 Å². The minimum atomic E-state index is -3.66. The van der Waals surface area contributed by atoms with E-state index in [1.54, 1.807) is 20.8 Å². The molecule has 0 unspecified atom stereocenters. The molecule has 0 fully saturated rings. The van der Waals surface area contributed by atoms with E-state index >= 15 is 0 Å². The predicted octanol–water partition coefficient (Wildman–Crippen LogP) is 1.98. The van der Waals surface area contributed by atoms with E-state index in [1.165, 1.54) is 0 Å². The van der Waals surface area contributed by atoms with Crippen LogP contribution in [0.1, 0.15) is 83.1 Å². The van der Waals surface area contributed by atoms with Crippen LogP contribution in [0.15, 0.2) is 0 Å². The molecule has 0 aromatic heterocycles. The van der Waals surface area contributed by atoms with Gasteiger partial charge >= 0.3 is 9.05 Å². The van der Waals surface area contributed by atoms with Crippen molar-refractivity contribution in [1.82, 2.24) is 0 Å². The summed E-state index contributed by atoms with van der Waals surface area (Å²) in [4.78, 5) is 10.5. The van der Waals surface area contributed by atoms with Crippen LogP contribution < -0.4 is 0 Å². The first-order valence-corrected chi connectivity index (χ1v) is 9.34. The van der Waals surface area contributed by atoms with Crippen LogP contribution in [-0.4, -0.2) is 52.3 Å². The predicted molar refractivity (Wildman–Crippen MR) is 99.7 cm³/mol. The van der Waals surface area contributed by atoms with Crippen molar-refractivity contribution in [2.45, 2.75) is 105 Å². The van der Waals surface area contributed by atoms with Crippen LogP contribution in [0.4, 0.5) is 0 Å². The van der Waals surface area contributed by atoms with Crippen molar-refractivity contribution in [2.75, 3.05) is 0 Å². The van der Waals surface area contributed by atoms with E-state index < -0.39 is 31.5 Å². The molecule has 9 heteroatoms. The maximum atomic E-state index is 10.5. The molecular weight excluding hydrogens is 423 g/mol. The monoisotopic (exact) mass is 464 g/mol. The van der Waals surface area contributed by atoms with Gasteiger partial charge in [-0.3, -0.25) is 0 Å². The van der Waals surface area contributed by atoms with Crippen molar-refractivity contribution in [3.05, 3.63) is 0 Å². The quantitative estimate of drug-likeness (QED) is 0.615. The fraction of sp³-hybridized carbons (Fsp3) is 1.00. The van der Waals surface area contributed by atoms with E-state index in [4.69, 9.17) is 18.4 Å². The molecule has 0 heterocycles. The number of aliphatic hydroxyl groups is 1. The molecule has 0 atom stereocenters. The zero-order valence-electron chi connectivity index (χ0n) is 18.1. The molecule has 0 spiro atoms. The topological polar surface area (TPSA) is 131 Å². The maximum absolute atomic E-state index is 10.5. The normalized spacial score (nSPS) is 12.7. The Hall–Kier alpha value is 0.820. The van der Waals surface area contributed by atoms with Gasteiger partial charge in [0, 0.05) is 26.2 Å². The molecule has 156 valence electrons. The van der Waals surface area contributed by atoms with Crippen LogP contribution in [0.5, 0.6) is 0 Å². The smallest absolute Gasteiger partial charge is 0.412 e. The minimum absolute atomic E-state index is 0. The van der Waals surface area contributed by atoms with Crippen LogP contribution >= 0.6 is 0 Å². The van der Waals surface area contributed by atoms with Crippen LogP contribution in [0, 0.1) is 0 Å². The van der Waals surface area contributed by atoms with E-state index in [1.807, 2.05) is 62.3 Å². The van der Waals surface area contributed by atoms with Gasteiger partial charge in [-0.1, -0.05) is 0 Å². The summed E-state index contributed by atoms with van der Waals surface area (Å²) in [7, 11) is -3.66. The van der Waals surface area contributed by atoms with Crippen LogP contribution in [-0.2, 0) is 39.5 Å². The second-order valence-electron chi connectivity index (χ2n) is 9.34. The number of rotatable bonds is 3. The summed E-state index contributed by atoms with van der Waals surface area (Å²) >= 11 is 0. The maximum Gasteiger partial charge on any atom is 0.678 e. The SMILES string of the molecule is CC(C)(C)O.CC(C)(C)O[Si](O)(OC(C)(C)C)OC(C)(C)C.O.O.[Zr]. The Morgan fingerprint density at radius 1 is 0.560 bits per heavy atom. The third-order valence-corrected chi connectivity index (χ3v) is 3.92. The Labute approximate surface area is 174 Å². The Balaban J connectivity index is -0.000000147. The molecule has 6 N–H and O–H groups in total. The fourth-order valence-electron chi connectivity index (χ4n) is 1.22. The van der Waals surface area contributed by atoms with E-state index in [0.717, 1.165) is 0 Å². The molecule has 0 aromatic rings. The third kappa shape index (κ3) is 36.5. The van der Waals surface area contributed by atoms with Crippen molar-refractivity contribution in [1.29, 1.82) is 0 Å². The van der Waals surface area contributed by atoms with Gasteiger partial charge < -0.3 is 34.1 Å². The second-order valence-corrected chi connectivity index (χ2v) is 11.0. The van der Waals surface area contributed by atoms with Gasteiger partial charge in [-0.25, -0.2) is 0 Å². The minimum Gasteiger partial charge on any atom is -0.412 e. The fourth-order valence-corrected chi connectivity index (χ4v) is 3.67. The summed E-state index contributed by atoms with van der Waals surface area (Å²) in [6.07, 6.45) is 0. The van der Waals surface area contributed by atoms with Gasteiger partial charge in [0.1, 0.15) is 0 Å². The average molecular weight is 466 g/mol. The van der Waals surface area contributed by atoms with Crippen molar-refractivity contribution < 1.29 is 60.3 Å². The van der Waals surface area contributed by atoms with E-state index in [2.05, 4.69) is 0 Å². The average Bonchev–Trinajstić information content (AvgIpc) is 1.82. The largest absolute Gasteiger partial charge is 0.678 e. The van der Waals surface area contributed by atoms with Crippen molar-refractivity contribution in [3.63, 3.8) is 0 Å². The van der Waals surface area contributed by atoms with Crippen molar-refractivity contribution >= 4 is 9.05 Å². The first-order valence-electron chi connectivity index (χ1n) is 7.67. The zero-order valence-corrected chi connectivity index (χ0v) is 21.6. The first-order chi connectivity index (χ1) is 9.12. The van der Waals surface area contributed by atoms with Crippen LogP contribution in [0.25, 0.3) is 0 Å². The Morgan fingerprint density at radius 3 is 0.760 bits per heavy atom. The number of hydrogen-bond acceptors (Lipinski definition) is 5. The molecular formula is C16H42O7SiZr. The molecule has 0 saturated carbocycles. The Bertz CT molecular complexity index is 279. The van der Waals surface area contributed by atoms with Gasteiger partial charge in [-0.2, -0.15) is 0 Å². The molecule has 7 nitrogen and oxygen atoms in total. The summed E-state index contributed by atoms with van der Waals surface area (Å²) in [6.45, 7) is 22.0. The number of hydrogen-bond donors (Lipinski definition) is 2. The summed E-state index contributed by atoms with van der Waals surface area (Å²) in [5, 5.41) is 8.52. The zero-order chi connectivity index (χ0) is 18.6. The van der Waals surface area contributed by atoms with Gasteiger partial charge in [0.05, 0.1) is 22.4 Å². The van der Waals surface area contributed by atoms with Crippen LogP contribution in [0.2, 0.25) is 0 Å². The summed E-state index contributed by atoms with van der Waals surface area (Å²) < 4.78 is 16.9. The molecule has 0 amide bonds. The third-order valence-electron chi connectivity index (χ3n) is 1.31. The summed E-state index contributed by atoms with van der Waals surface area (Å²) in [5.74, 6) is 0. The molecule has 0 bridgehead atoms. The van der Waals surface area contributed by atoms with Gasteiger partial charge in [0.25, 0.3) is 0 Å². The molecule has 0 rings (SSSR count). The molecule has 0 aromatic carbocycles. The molecule has 0 radical (unpaired) electrons. The molecule has 0 aliphatic carbocycles. The molecule has 0 aliphatic rings. The first kappa shape index (κ1) is 36.7. The van der Waals surface area contributed by atoms with Gasteiger partial charge in [0.15, 0.2) is 0 Å². The van der Waals surface area contributed by atoms with E-state index in [9.17, 15) is 4.80 Å². The van der Waals surface area contributed by atoms with Crippen molar-refractivity contribution in [2.24, 2.45) is 0 Å². The Kier molecular flexibility index (Phi) is 18.1. The summed E-state index contributed by atoms with van der Waals surface area (Å²) in [6, 6.07) is 0. The summed E-state index contributed by atoms with van der Waals surface area (Å²) in [5.41, 5.74) is -2.05. The Morgan fingerprint density at radius 2 is 0.680 bits per heavy atom. The van der Waals surface area contributed by atoms with Crippen molar-refractivity contribution in [3.8, 4) is 0 Å². The second kappa shape index (κ2) is 12.3.